The number of hydrogen-bond acceptors (Lipinski definition) is 7. The first kappa shape index (κ1) is 24.4. The van der Waals surface area contributed by atoms with Crippen LogP contribution in [0.5, 0.6) is 5.88 Å². The van der Waals surface area contributed by atoms with Gasteiger partial charge in [0.25, 0.3) is 5.91 Å². The maximum Gasteiger partial charge on any atom is 0.268 e. The Bertz CT molecular complexity index is 1330. The van der Waals surface area contributed by atoms with Gasteiger partial charge in [0.15, 0.2) is 6.73 Å². The Kier molecular flexibility index (Phi) is 6.67. The van der Waals surface area contributed by atoms with Crippen molar-refractivity contribution in [3.63, 3.8) is 0 Å². The Balaban J connectivity index is 1.14. The topological polar surface area (TPSA) is 73.8 Å². The molecule has 1 unspecified atom stereocenters. The Labute approximate surface area is 226 Å². The molecule has 0 aliphatic carbocycles. The van der Waals surface area contributed by atoms with E-state index in [0.717, 1.165) is 31.1 Å². The van der Waals surface area contributed by atoms with E-state index in [1.807, 2.05) is 0 Å². The molecule has 3 aliphatic rings. The second-order valence-corrected chi connectivity index (χ2v) is 10.8. The number of rotatable bonds is 5. The van der Waals surface area contributed by atoms with Crippen molar-refractivity contribution in [2.45, 2.75) is 19.4 Å². The second-order valence-electron chi connectivity index (χ2n) is 10.00. The maximum atomic E-state index is 13.1. The lowest BCUT2D eigenvalue weighted by Gasteiger charge is -2.31. The Hall–Kier alpha value is -2.91. The molecule has 1 amide bonds. The molecule has 10 heteroatoms. The van der Waals surface area contributed by atoms with Crippen LogP contribution in [0.1, 0.15) is 27.9 Å². The number of nitrogens with one attached hydrogen (secondary N) is 1. The summed E-state index contributed by atoms with van der Waals surface area (Å²) in [7, 11) is 2.21. The third-order valence-corrected chi connectivity index (χ3v) is 7.94. The largest absolute Gasteiger partial charge is 0.455 e. The van der Waals surface area contributed by atoms with Crippen LogP contribution in [0.3, 0.4) is 0 Å². The van der Waals surface area contributed by atoms with Gasteiger partial charge in [-0.3, -0.25) is 14.6 Å². The summed E-state index contributed by atoms with van der Waals surface area (Å²) in [6.45, 7) is 5.61. The third kappa shape index (κ3) is 4.99. The summed E-state index contributed by atoms with van der Waals surface area (Å²) >= 11 is 12.6. The quantitative estimate of drug-likeness (QED) is 0.498. The van der Waals surface area contributed by atoms with Gasteiger partial charge in [-0.25, -0.2) is 4.98 Å². The van der Waals surface area contributed by atoms with E-state index in [-0.39, 0.29) is 24.1 Å². The van der Waals surface area contributed by atoms with Gasteiger partial charge in [0.05, 0.1) is 15.7 Å². The average Bonchev–Trinajstić information content (AvgIpc) is 3.29. The van der Waals surface area contributed by atoms with E-state index in [9.17, 15) is 4.79 Å². The lowest BCUT2D eigenvalue weighted by molar-refractivity contribution is 0.0932. The van der Waals surface area contributed by atoms with Gasteiger partial charge in [0.1, 0.15) is 5.56 Å². The normalized spacial score (nSPS) is 19.9. The van der Waals surface area contributed by atoms with Crippen molar-refractivity contribution < 1.29 is 9.53 Å². The Morgan fingerprint density at radius 3 is 2.76 bits per heavy atom. The molecular weight excluding hydrogens is 511 g/mol. The van der Waals surface area contributed by atoms with E-state index < -0.39 is 0 Å². The average molecular weight is 539 g/mol. The first-order valence-corrected chi connectivity index (χ1v) is 13.3. The number of ether oxygens (including phenoxy) is 1. The highest BCUT2D eigenvalue weighted by atomic mass is 35.5. The minimum Gasteiger partial charge on any atom is -0.455 e. The summed E-state index contributed by atoms with van der Waals surface area (Å²) < 4.78 is 5.80. The van der Waals surface area contributed by atoms with Crippen molar-refractivity contribution in [2.24, 2.45) is 5.92 Å². The molecule has 0 spiro atoms. The number of para-hydroxylation sites is 1. The summed E-state index contributed by atoms with van der Waals surface area (Å²) in [5.74, 6) is 1.06. The zero-order valence-corrected chi connectivity index (χ0v) is 22.1. The third-order valence-electron chi connectivity index (χ3n) is 7.33. The molecule has 4 heterocycles. The van der Waals surface area contributed by atoms with Gasteiger partial charge in [-0.15, -0.1) is 0 Å². The molecule has 192 valence electrons. The lowest BCUT2D eigenvalue weighted by atomic mass is 9.97. The number of fused-ring (bicyclic) bond motifs is 2. The molecule has 0 radical (unpaired) electrons. The Morgan fingerprint density at radius 2 is 1.97 bits per heavy atom. The van der Waals surface area contributed by atoms with Crippen LogP contribution < -0.4 is 15.0 Å². The predicted octanol–water partition coefficient (Wildman–Crippen LogP) is 4.83. The number of amides is 1. The standard InChI is InChI=1S/C27H28Cl2N6O2/c1-33-9-7-17(13-33)14-34-10-8-18-11-20(6-5-19(18)15-34)31-27-30-12-21-25(32-27)37-16-35(26(21)36)24-22(28)3-2-4-23(24)29/h2-6,11-12,17H,7-10,13-16H2,1H3,(H,30,31,32). The number of benzene rings is 2. The summed E-state index contributed by atoms with van der Waals surface area (Å²) in [6.07, 6.45) is 3.79. The van der Waals surface area contributed by atoms with Crippen molar-refractivity contribution in [3.8, 4) is 5.88 Å². The first-order chi connectivity index (χ1) is 17.9. The SMILES string of the molecule is CN1CCC(CN2CCc3cc(Nc4ncc5c(n4)OCN(c4c(Cl)cccc4Cl)C5=O)ccc3C2)C1. The number of carbonyl (C=O) groups is 1. The van der Waals surface area contributed by atoms with Gasteiger partial charge < -0.3 is 15.0 Å². The molecule has 3 aromatic rings. The van der Waals surface area contributed by atoms with E-state index in [0.29, 0.717) is 21.7 Å². The van der Waals surface area contributed by atoms with E-state index >= 15 is 0 Å². The number of halogens is 2. The number of carbonyl (C=O) groups excluding carboxylic acids is 1. The fourth-order valence-electron chi connectivity index (χ4n) is 5.44. The molecule has 8 nitrogen and oxygen atoms in total. The van der Waals surface area contributed by atoms with Crippen LogP contribution in [0.2, 0.25) is 10.0 Å². The van der Waals surface area contributed by atoms with Gasteiger partial charge in [-0.2, -0.15) is 4.98 Å². The lowest BCUT2D eigenvalue weighted by Crippen LogP contribution is -2.39. The van der Waals surface area contributed by atoms with E-state index in [2.05, 4.69) is 50.3 Å². The highest BCUT2D eigenvalue weighted by Crippen LogP contribution is 2.37. The van der Waals surface area contributed by atoms with Crippen molar-refractivity contribution in [3.05, 3.63) is 69.3 Å². The molecule has 1 aromatic heterocycles. The molecule has 37 heavy (non-hydrogen) atoms. The fourth-order valence-corrected chi connectivity index (χ4v) is 6.04. The second kappa shape index (κ2) is 10.1. The zero-order chi connectivity index (χ0) is 25.5. The van der Waals surface area contributed by atoms with Gasteiger partial charge in [0.2, 0.25) is 11.8 Å². The molecule has 3 aliphatic heterocycles. The zero-order valence-electron chi connectivity index (χ0n) is 20.6. The molecule has 1 saturated heterocycles. The van der Waals surface area contributed by atoms with Gasteiger partial charge in [-0.05, 0) is 67.7 Å². The monoisotopic (exact) mass is 538 g/mol. The van der Waals surface area contributed by atoms with Gasteiger partial charge in [-0.1, -0.05) is 35.3 Å². The van der Waals surface area contributed by atoms with Crippen LogP contribution in [0.15, 0.2) is 42.6 Å². The highest BCUT2D eigenvalue weighted by molar-refractivity contribution is 6.40. The number of hydrogen-bond donors (Lipinski definition) is 1. The minimum atomic E-state index is -0.314. The van der Waals surface area contributed by atoms with Crippen LogP contribution in [0.4, 0.5) is 17.3 Å². The number of likely N-dealkylation sites (tertiary alicyclic amines) is 1. The predicted molar refractivity (Wildman–Crippen MR) is 145 cm³/mol. The first-order valence-electron chi connectivity index (χ1n) is 12.5. The van der Waals surface area contributed by atoms with Crippen LogP contribution in [-0.2, 0) is 13.0 Å². The molecule has 0 saturated carbocycles. The van der Waals surface area contributed by atoms with Crippen molar-refractivity contribution in [1.82, 2.24) is 19.8 Å². The van der Waals surface area contributed by atoms with E-state index in [4.69, 9.17) is 27.9 Å². The Morgan fingerprint density at radius 1 is 1.14 bits per heavy atom. The molecule has 1 atom stereocenters. The van der Waals surface area contributed by atoms with Gasteiger partial charge >= 0.3 is 0 Å². The smallest absolute Gasteiger partial charge is 0.268 e. The summed E-state index contributed by atoms with van der Waals surface area (Å²) in [6, 6.07) is 11.5. The number of nitrogens with zero attached hydrogens (tertiary/aromatic N) is 5. The van der Waals surface area contributed by atoms with Gasteiger partial charge in [0, 0.05) is 38.1 Å². The molecule has 1 fully saturated rings. The van der Waals surface area contributed by atoms with Crippen molar-refractivity contribution >= 4 is 46.4 Å². The van der Waals surface area contributed by atoms with Crippen LogP contribution >= 0.6 is 23.2 Å². The van der Waals surface area contributed by atoms with Crippen LogP contribution in [-0.4, -0.2) is 65.6 Å². The summed E-state index contributed by atoms with van der Waals surface area (Å²) in [5, 5.41) is 4.00. The molecule has 6 rings (SSSR count). The molecule has 1 N–H and O–H groups in total. The van der Waals surface area contributed by atoms with Crippen molar-refractivity contribution in [2.75, 3.05) is 50.2 Å². The fraction of sp³-hybridized carbons (Fsp3) is 0.370. The minimum absolute atomic E-state index is 0.0434. The highest BCUT2D eigenvalue weighted by Gasteiger charge is 2.31. The van der Waals surface area contributed by atoms with Crippen LogP contribution in [0.25, 0.3) is 0 Å². The molecule has 2 aromatic carbocycles. The van der Waals surface area contributed by atoms with E-state index in [1.165, 1.54) is 48.3 Å². The number of anilines is 3. The van der Waals surface area contributed by atoms with Crippen LogP contribution in [0, 0.1) is 5.92 Å². The van der Waals surface area contributed by atoms with E-state index in [1.54, 1.807) is 18.2 Å². The molecule has 0 bridgehead atoms. The summed E-state index contributed by atoms with van der Waals surface area (Å²) in [5.41, 5.74) is 4.30. The van der Waals surface area contributed by atoms with Crippen molar-refractivity contribution in [1.29, 1.82) is 0 Å². The molecular formula is C27H28Cl2N6O2. The maximum absolute atomic E-state index is 13.1. The number of aromatic nitrogens is 2. The summed E-state index contributed by atoms with van der Waals surface area (Å²) in [4.78, 5) is 28.3.